The van der Waals surface area contributed by atoms with Crippen molar-refractivity contribution in [2.75, 3.05) is 4.90 Å². The second-order valence-electron chi connectivity index (χ2n) is 6.99. The second kappa shape index (κ2) is 9.44. The minimum Gasteiger partial charge on any atom is -0.363 e. The van der Waals surface area contributed by atoms with Gasteiger partial charge in [-0.3, -0.25) is 0 Å². The lowest BCUT2D eigenvalue weighted by molar-refractivity contribution is 0.800. The van der Waals surface area contributed by atoms with Gasteiger partial charge in [0.1, 0.15) is 0 Å². The van der Waals surface area contributed by atoms with Gasteiger partial charge in [-0.15, -0.1) is 0 Å². The Kier molecular flexibility index (Phi) is 6.05. The van der Waals surface area contributed by atoms with Crippen LogP contribution in [0.5, 0.6) is 0 Å². The first-order chi connectivity index (χ1) is 14.4. The zero-order chi connectivity index (χ0) is 19.7. The summed E-state index contributed by atoms with van der Waals surface area (Å²) in [6.45, 7) is 1.73. The lowest BCUT2D eigenvalue weighted by Gasteiger charge is -2.25. The molecular weight excluding hydrogens is 350 g/mol. The lowest BCUT2D eigenvalue weighted by atomic mass is 10.1. The fourth-order valence-corrected chi connectivity index (χ4v) is 3.27. The number of rotatable bonds is 5. The van der Waals surface area contributed by atoms with Gasteiger partial charge in [-0.2, -0.15) is 0 Å². The Morgan fingerprint density at radius 3 is 1.34 bits per heavy atom. The number of benzene rings is 4. The van der Waals surface area contributed by atoms with E-state index >= 15 is 0 Å². The van der Waals surface area contributed by atoms with E-state index in [0.717, 1.165) is 24.2 Å². The number of hydrogen-bond acceptors (Lipinski definition) is 1. The molecular formula is C28H23N. The van der Waals surface area contributed by atoms with Crippen molar-refractivity contribution in [3.8, 4) is 11.8 Å². The smallest absolute Gasteiger partial charge is 0.0433 e. The molecule has 0 aliphatic carbocycles. The summed E-state index contributed by atoms with van der Waals surface area (Å²) >= 11 is 0. The predicted molar refractivity (Wildman–Crippen MR) is 122 cm³/mol. The molecule has 4 aromatic rings. The lowest BCUT2D eigenvalue weighted by Crippen LogP contribution is -2.22. The molecule has 0 spiro atoms. The highest BCUT2D eigenvalue weighted by Gasteiger charge is 2.08. The second-order valence-corrected chi connectivity index (χ2v) is 6.99. The molecule has 1 nitrogen and oxygen atoms in total. The van der Waals surface area contributed by atoms with E-state index in [4.69, 9.17) is 0 Å². The Morgan fingerprint density at radius 2 is 0.862 bits per heavy atom. The van der Waals surface area contributed by atoms with E-state index in [1.807, 2.05) is 30.3 Å². The van der Waals surface area contributed by atoms with Gasteiger partial charge in [-0.1, -0.05) is 90.7 Å². The Labute approximate surface area is 173 Å². The summed E-state index contributed by atoms with van der Waals surface area (Å²) in [6, 6.07) is 39.9. The number of anilines is 1. The highest BCUT2D eigenvalue weighted by atomic mass is 15.1. The van der Waals surface area contributed by atoms with E-state index in [1.165, 1.54) is 16.8 Å². The van der Waals surface area contributed by atoms with Crippen LogP contribution in [-0.2, 0) is 13.1 Å². The van der Waals surface area contributed by atoms with Gasteiger partial charge in [0.25, 0.3) is 0 Å². The van der Waals surface area contributed by atoms with Crippen molar-refractivity contribution in [3.05, 3.63) is 138 Å². The number of hydrogen-bond donors (Lipinski definition) is 0. The van der Waals surface area contributed by atoms with Crippen molar-refractivity contribution in [1.29, 1.82) is 0 Å². The van der Waals surface area contributed by atoms with E-state index in [2.05, 4.69) is 102 Å². The van der Waals surface area contributed by atoms with Crippen molar-refractivity contribution in [3.63, 3.8) is 0 Å². The largest absolute Gasteiger partial charge is 0.363 e. The summed E-state index contributed by atoms with van der Waals surface area (Å²) in [4.78, 5) is 2.40. The Hall–Kier alpha value is -3.76. The first-order valence-corrected chi connectivity index (χ1v) is 9.87. The van der Waals surface area contributed by atoms with Crippen molar-refractivity contribution in [2.45, 2.75) is 13.1 Å². The van der Waals surface area contributed by atoms with Crippen LogP contribution in [0.4, 0.5) is 5.69 Å². The van der Waals surface area contributed by atoms with Gasteiger partial charge in [0.05, 0.1) is 0 Å². The van der Waals surface area contributed by atoms with Crippen LogP contribution < -0.4 is 4.90 Å². The first-order valence-electron chi connectivity index (χ1n) is 9.87. The fourth-order valence-electron chi connectivity index (χ4n) is 3.27. The molecule has 0 heterocycles. The van der Waals surface area contributed by atoms with Gasteiger partial charge < -0.3 is 4.90 Å². The van der Waals surface area contributed by atoms with Crippen LogP contribution in [-0.4, -0.2) is 0 Å². The van der Waals surface area contributed by atoms with Crippen LogP contribution in [0.3, 0.4) is 0 Å². The van der Waals surface area contributed by atoms with Crippen LogP contribution in [0, 0.1) is 11.8 Å². The molecule has 1 heteroatoms. The van der Waals surface area contributed by atoms with Gasteiger partial charge in [0.2, 0.25) is 0 Å². The third-order valence-corrected chi connectivity index (χ3v) is 4.79. The highest BCUT2D eigenvalue weighted by Crippen LogP contribution is 2.21. The summed E-state index contributed by atoms with van der Waals surface area (Å²) in [5.74, 6) is 6.48. The van der Waals surface area contributed by atoms with Gasteiger partial charge in [0, 0.05) is 29.9 Å². The summed E-state index contributed by atoms with van der Waals surface area (Å²) in [5.41, 5.74) is 5.86. The Balaban J connectivity index is 1.56. The Bertz CT molecular complexity index is 1030. The topological polar surface area (TPSA) is 3.24 Å². The Morgan fingerprint density at radius 1 is 0.448 bits per heavy atom. The molecule has 0 N–H and O–H groups in total. The molecule has 0 bridgehead atoms. The van der Waals surface area contributed by atoms with Crippen LogP contribution in [0.1, 0.15) is 22.3 Å². The summed E-state index contributed by atoms with van der Waals surface area (Å²) < 4.78 is 0. The minimum absolute atomic E-state index is 0.866. The van der Waals surface area contributed by atoms with Gasteiger partial charge in [-0.25, -0.2) is 0 Å². The molecule has 4 aromatic carbocycles. The zero-order valence-corrected chi connectivity index (χ0v) is 16.3. The van der Waals surface area contributed by atoms with E-state index in [1.54, 1.807) is 0 Å². The van der Waals surface area contributed by atoms with Crippen LogP contribution in [0.2, 0.25) is 0 Å². The maximum atomic E-state index is 3.26. The molecule has 140 valence electrons. The molecule has 0 aromatic heterocycles. The fraction of sp³-hybridized carbons (Fsp3) is 0.0714. The zero-order valence-electron chi connectivity index (χ0n) is 16.3. The summed E-state index contributed by atoms with van der Waals surface area (Å²) in [5, 5.41) is 0. The molecule has 0 saturated heterocycles. The van der Waals surface area contributed by atoms with Crippen molar-refractivity contribution in [1.82, 2.24) is 0 Å². The predicted octanol–water partition coefficient (Wildman–Crippen LogP) is 6.29. The third kappa shape index (κ3) is 5.37. The normalized spacial score (nSPS) is 10.1. The van der Waals surface area contributed by atoms with Crippen molar-refractivity contribution >= 4 is 5.69 Å². The van der Waals surface area contributed by atoms with Crippen molar-refractivity contribution < 1.29 is 0 Å². The third-order valence-electron chi connectivity index (χ3n) is 4.79. The monoisotopic (exact) mass is 373 g/mol. The van der Waals surface area contributed by atoms with E-state index in [-0.39, 0.29) is 0 Å². The molecule has 0 atom stereocenters. The average Bonchev–Trinajstić information content (AvgIpc) is 2.80. The molecule has 0 aliphatic heterocycles. The van der Waals surface area contributed by atoms with Crippen molar-refractivity contribution in [2.24, 2.45) is 0 Å². The van der Waals surface area contributed by atoms with E-state index in [9.17, 15) is 0 Å². The van der Waals surface area contributed by atoms with Gasteiger partial charge in [-0.05, 0) is 47.5 Å². The molecule has 0 unspecified atom stereocenters. The average molecular weight is 373 g/mol. The van der Waals surface area contributed by atoms with E-state index in [0.29, 0.717) is 0 Å². The minimum atomic E-state index is 0.866. The quantitative estimate of drug-likeness (QED) is 0.371. The maximum Gasteiger partial charge on any atom is 0.0433 e. The highest BCUT2D eigenvalue weighted by molar-refractivity contribution is 5.52. The van der Waals surface area contributed by atoms with Gasteiger partial charge >= 0.3 is 0 Å². The summed E-state index contributed by atoms with van der Waals surface area (Å²) in [6.07, 6.45) is 0. The first kappa shape index (κ1) is 18.6. The molecule has 0 saturated carbocycles. The molecule has 0 fully saturated rings. The molecule has 0 amide bonds. The van der Waals surface area contributed by atoms with Gasteiger partial charge in [0.15, 0.2) is 0 Å². The summed E-state index contributed by atoms with van der Waals surface area (Å²) in [7, 11) is 0. The molecule has 29 heavy (non-hydrogen) atoms. The standard InChI is InChI=1S/C28H23N/c1-4-10-24(11-5-1)16-17-25-18-20-28(21-19-25)29(22-26-12-6-2-7-13-26)23-27-14-8-3-9-15-27/h1-15,18-21H,22-23H2. The molecule has 4 rings (SSSR count). The van der Waals surface area contributed by atoms with Crippen LogP contribution >= 0.6 is 0 Å². The van der Waals surface area contributed by atoms with Crippen LogP contribution in [0.15, 0.2) is 115 Å². The molecule has 0 radical (unpaired) electrons. The molecule has 0 aliphatic rings. The maximum absolute atomic E-state index is 3.26. The van der Waals surface area contributed by atoms with E-state index < -0.39 is 0 Å². The van der Waals surface area contributed by atoms with Crippen LogP contribution in [0.25, 0.3) is 0 Å². The number of nitrogens with zero attached hydrogens (tertiary/aromatic N) is 1. The SMILES string of the molecule is C(#Cc1ccc(N(Cc2ccccc2)Cc2ccccc2)cc1)c1ccccc1.